The summed E-state index contributed by atoms with van der Waals surface area (Å²) in [5.41, 5.74) is -0.0373. The van der Waals surface area contributed by atoms with Gasteiger partial charge in [-0.05, 0) is 12.0 Å². The Bertz CT molecular complexity index is 757. The highest BCUT2D eigenvalue weighted by atomic mass is 16.7. The fraction of sp³-hybridized carbons (Fsp3) is 0.619. The molecule has 0 unspecified atom stereocenters. The summed E-state index contributed by atoms with van der Waals surface area (Å²) in [7, 11) is 1.73. The molecule has 3 saturated heterocycles. The number of nitrogens with one attached hydrogen (secondary N) is 1. The van der Waals surface area contributed by atoms with Crippen LogP contribution in [0.15, 0.2) is 30.3 Å². The van der Waals surface area contributed by atoms with Gasteiger partial charge in [0.15, 0.2) is 6.29 Å². The van der Waals surface area contributed by atoms with Crippen LogP contribution in [0.25, 0.3) is 0 Å². The number of aliphatic hydroxyl groups excluding tert-OH is 1. The lowest BCUT2D eigenvalue weighted by molar-refractivity contribution is -0.129. The average Bonchev–Trinajstić information content (AvgIpc) is 3.36. The minimum absolute atomic E-state index is 0.0159. The van der Waals surface area contributed by atoms with E-state index in [4.69, 9.17) is 9.47 Å². The van der Waals surface area contributed by atoms with Crippen molar-refractivity contribution in [2.75, 3.05) is 59.5 Å². The molecule has 3 aliphatic heterocycles. The van der Waals surface area contributed by atoms with Crippen molar-refractivity contribution in [1.82, 2.24) is 20.0 Å². The van der Waals surface area contributed by atoms with Gasteiger partial charge in [-0.2, -0.15) is 0 Å². The molecule has 1 aromatic rings. The molecule has 4 rings (SSSR count). The molecule has 164 valence electrons. The third-order valence-electron chi connectivity index (χ3n) is 6.21. The lowest BCUT2D eigenvalue weighted by atomic mass is 9.78. The van der Waals surface area contributed by atoms with E-state index in [1.54, 1.807) is 11.9 Å². The summed E-state index contributed by atoms with van der Waals surface area (Å²) >= 11 is 0. The monoisotopic (exact) mass is 418 g/mol. The molecule has 0 radical (unpaired) electrons. The minimum atomic E-state index is -0.902. The summed E-state index contributed by atoms with van der Waals surface area (Å²) in [5.74, 6) is -0.266. The number of nitrogens with zero attached hydrogens (tertiary/aromatic N) is 3. The van der Waals surface area contributed by atoms with Crippen LogP contribution < -0.4 is 5.32 Å². The Morgan fingerprint density at radius 2 is 1.93 bits per heavy atom. The molecule has 0 bridgehead atoms. The van der Waals surface area contributed by atoms with Crippen LogP contribution in [-0.4, -0.2) is 104 Å². The van der Waals surface area contributed by atoms with E-state index in [0.717, 1.165) is 5.56 Å². The van der Waals surface area contributed by atoms with E-state index in [1.807, 2.05) is 30.3 Å². The summed E-state index contributed by atoms with van der Waals surface area (Å²) in [6.45, 7) is 3.97. The zero-order valence-electron chi connectivity index (χ0n) is 17.3. The van der Waals surface area contributed by atoms with Crippen LogP contribution in [0.2, 0.25) is 0 Å². The Morgan fingerprint density at radius 3 is 2.57 bits per heavy atom. The van der Waals surface area contributed by atoms with Crippen molar-refractivity contribution < 1.29 is 24.2 Å². The molecule has 0 aliphatic carbocycles. The standard InChI is InChI=1S/C21H30N4O5/c1-23-9-10-25(20(23)28)14-18(27)22-21(16-5-3-2-4-6-16)7-8-24(13-17(21)26)15-19-29-11-12-30-19/h2-6,17,19,26H,7-15H2,1H3,(H,22,27)/t17-,21+/m1/s1. The predicted molar refractivity (Wildman–Crippen MR) is 109 cm³/mol. The number of urea groups is 1. The molecule has 0 aromatic heterocycles. The van der Waals surface area contributed by atoms with Crippen LogP contribution in [0.4, 0.5) is 4.79 Å². The third-order valence-corrected chi connectivity index (χ3v) is 6.21. The van der Waals surface area contributed by atoms with E-state index in [-0.39, 0.29) is 24.8 Å². The van der Waals surface area contributed by atoms with Crippen LogP contribution in [0.3, 0.4) is 0 Å². The van der Waals surface area contributed by atoms with Gasteiger partial charge in [0.05, 0.1) is 24.9 Å². The van der Waals surface area contributed by atoms with E-state index in [1.165, 1.54) is 4.90 Å². The number of hydrogen-bond donors (Lipinski definition) is 2. The number of β-amino-alcohol motifs (C(OH)–C–C–N with tert-alkyl or cyclic N) is 1. The second-order valence-corrected chi connectivity index (χ2v) is 8.21. The van der Waals surface area contributed by atoms with Gasteiger partial charge in [-0.1, -0.05) is 30.3 Å². The van der Waals surface area contributed by atoms with Gasteiger partial charge in [-0.3, -0.25) is 9.69 Å². The first-order valence-electron chi connectivity index (χ1n) is 10.5. The highest BCUT2D eigenvalue weighted by molar-refractivity contribution is 5.85. The van der Waals surface area contributed by atoms with Crippen molar-refractivity contribution in [3.05, 3.63) is 35.9 Å². The molecule has 3 heterocycles. The van der Waals surface area contributed by atoms with Crippen LogP contribution in [0.5, 0.6) is 0 Å². The normalized spacial score (nSPS) is 28.3. The number of amides is 3. The van der Waals surface area contributed by atoms with Gasteiger partial charge in [-0.25, -0.2) is 4.79 Å². The van der Waals surface area contributed by atoms with Gasteiger partial charge in [0.2, 0.25) is 5.91 Å². The molecule has 1 aromatic carbocycles. The molecule has 2 atom stereocenters. The van der Waals surface area contributed by atoms with Gasteiger partial charge in [0, 0.05) is 39.8 Å². The van der Waals surface area contributed by atoms with E-state index >= 15 is 0 Å². The lowest BCUT2D eigenvalue weighted by Gasteiger charge is -2.46. The van der Waals surface area contributed by atoms with Crippen LogP contribution in [0.1, 0.15) is 12.0 Å². The number of aliphatic hydroxyl groups is 1. The molecule has 0 spiro atoms. The maximum Gasteiger partial charge on any atom is 0.320 e. The molecule has 30 heavy (non-hydrogen) atoms. The molecule has 3 aliphatic rings. The lowest BCUT2D eigenvalue weighted by Crippen LogP contribution is -2.63. The van der Waals surface area contributed by atoms with Crippen molar-refractivity contribution >= 4 is 11.9 Å². The highest BCUT2D eigenvalue weighted by Crippen LogP contribution is 2.34. The van der Waals surface area contributed by atoms with Crippen LogP contribution in [-0.2, 0) is 19.8 Å². The smallest absolute Gasteiger partial charge is 0.320 e. The Hall–Kier alpha value is -2.20. The molecule has 9 nitrogen and oxygen atoms in total. The Balaban J connectivity index is 1.47. The fourth-order valence-electron chi connectivity index (χ4n) is 4.48. The molecule has 9 heteroatoms. The quantitative estimate of drug-likeness (QED) is 0.665. The van der Waals surface area contributed by atoms with Gasteiger partial charge in [-0.15, -0.1) is 0 Å². The number of carbonyl (C=O) groups is 2. The molecule has 2 N–H and O–H groups in total. The number of ether oxygens (including phenoxy) is 2. The zero-order valence-corrected chi connectivity index (χ0v) is 17.3. The number of likely N-dealkylation sites (N-methyl/N-ethyl adjacent to an activating group) is 1. The van der Waals surface area contributed by atoms with Gasteiger partial charge >= 0.3 is 6.03 Å². The predicted octanol–water partition coefficient (Wildman–Crippen LogP) is -0.195. The molecule has 3 fully saturated rings. The first-order chi connectivity index (χ1) is 14.5. The van der Waals surface area contributed by atoms with E-state index in [0.29, 0.717) is 52.4 Å². The molecule has 0 saturated carbocycles. The fourth-order valence-corrected chi connectivity index (χ4v) is 4.48. The van der Waals surface area contributed by atoms with Gasteiger partial charge in [0.1, 0.15) is 6.54 Å². The van der Waals surface area contributed by atoms with Crippen molar-refractivity contribution in [1.29, 1.82) is 0 Å². The minimum Gasteiger partial charge on any atom is -0.389 e. The van der Waals surface area contributed by atoms with Crippen LogP contribution in [0, 0.1) is 0 Å². The van der Waals surface area contributed by atoms with Gasteiger partial charge in [0.25, 0.3) is 0 Å². The van der Waals surface area contributed by atoms with Crippen molar-refractivity contribution in [3.63, 3.8) is 0 Å². The summed E-state index contributed by atoms with van der Waals surface area (Å²) < 4.78 is 11.1. The Labute approximate surface area is 176 Å². The Morgan fingerprint density at radius 1 is 1.20 bits per heavy atom. The third kappa shape index (κ3) is 4.29. The maximum absolute atomic E-state index is 12.9. The molecular formula is C21H30N4O5. The zero-order chi connectivity index (χ0) is 21.1. The highest BCUT2D eigenvalue weighted by Gasteiger charge is 2.45. The van der Waals surface area contributed by atoms with E-state index < -0.39 is 11.6 Å². The first-order valence-corrected chi connectivity index (χ1v) is 10.5. The summed E-state index contributed by atoms with van der Waals surface area (Å²) in [5, 5.41) is 14.3. The second-order valence-electron chi connectivity index (χ2n) is 8.21. The van der Waals surface area contributed by atoms with Crippen molar-refractivity contribution in [2.24, 2.45) is 0 Å². The number of benzene rings is 1. The van der Waals surface area contributed by atoms with Crippen molar-refractivity contribution in [2.45, 2.75) is 24.4 Å². The van der Waals surface area contributed by atoms with Gasteiger partial charge < -0.3 is 29.7 Å². The number of piperidine rings is 1. The summed E-state index contributed by atoms with van der Waals surface area (Å²) in [6.07, 6.45) is -0.532. The summed E-state index contributed by atoms with van der Waals surface area (Å²) in [6, 6.07) is 9.43. The van der Waals surface area contributed by atoms with Crippen molar-refractivity contribution in [3.8, 4) is 0 Å². The number of likely N-dealkylation sites (tertiary alicyclic amines) is 1. The SMILES string of the molecule is CN1CCN(CC(=O)N[C@]2(c3ccccc3)CCN(CC3OCCO3)C[C@H]2O)C1=O. The number of rotatable bonds is 6. The average molecular weight is 418 g/mol. The molecule has 3 amide bonds. The van der Waals surface area contributed by atoms with Crippen LogP contribution >= 0.6 is 0 Å². The van der Waals surface area contributed by atoms with E-state index in [2.05, 4.69) is 10.2 Å². The summed E-state index contributed by atoms with van der Waals surface area (Å²) in [4.78, 5) is 30.3. The Kier molecular flexibility index (Phi) is 6.24. The molecular weight excluding hydrogens is 388 g/mol. The maximum atomic E-state index is 12.9. The number of carbonyl (C=O) groups excluding carboxylic acids is 2. The second kappa shape index (κ2) is 8.89. The largest absolute Gasteiger partial charge is 0.389 e. The first kappa shape index (κ1) is 21.0. The number of hydrogen-bond acceptors (Lipinski definition) is 6. The topological polar surface area (TPSA) is 94.6 Å². The van der Waals surface area contributed by atoms with E-state index in [9.17, 15) is 14.7 Å².